The molecule has 0 radical (unpaired) electrons. The van der Waals surface area contributed by atoms with E-state index in [1.807, 2.05) is 23.7 Å². The molecule has 0 aliphatic rings. The minimum absolute atomic E-state index is 0.224. The minimum Gasteiger partial charge on any atom is -0.507 e. The highest BCUT2D eigenvalue weighted by Crippen LogP contribution is 2.24. The van der Waals surface area contributed by atoms with Crippen LogP contribution < -0.4 is 4.80 Å². The summed E-state index contributed by atoms with van der Waals surface area (Å²) in [6, 6.07) is 13.6. The Morgan fingerprint density at radius 2 is 1.84 bits per heavy atom. The second-order valence-electron chi connectivity index (χ2n) is 5.94. The van der Waals surface area contributed by atoms with Crippen LogP contribution in [0.5, 0.6) is 5.75 Å². The van der Waals surface area contributed by atoms with Gasteiger partial charge in [-0.3, -0.25) is 4.99 Å². The van der Waals surface area contributed by atoms with E-state index in [0.717, 1.165) is 21.8 Å². The maximum Gasteiger partial charge on any atom is 0.205 e. The molecule has 0 bridgehead atoms. The highest BCUT2D eigenvalue weighted by Gasteiger charge is 2.10. The molecule has 0 unspecified atom stereocenters. The van der Waals surface area contributed by atoms with Gasteiger partial charge in [-0.1, -0.05) is 24.3 Å². The lowest BCUT2D eigenvalue weighted by atomic mass is 10.1. The normalized spacial score (nSPS) is 12.6. The topological polar surface area (TPSA) is 49.9 Å². The molecule has 1 N–H and O–H groups in total. The molecule has 0 atom stereocenters. The summed E-state index contributed by atoms with van der Waals surface area (Å²) in [4.78, 5) is 5.15. The molecule has 1 aromatic heterocycles. The molecule has 2 aromatic carbocycles. The second kappa shape index (κ2) is 7.07. The van der Waals surface area contributed by atoms with Gasteiger partial charge in [0, 0.05) is 23.6 Å². The van der Waals surface area contributed by atoms with Crippen molar-refractivity contribution in [2.45, 2.75) is 20.8 Å². The van der Waals surface area contributed by atoms with E-state index in [1.165, 1.54) is 11.1 Å². The van der Waals surface area contributed by atoms with Gasteiger partial charge >= 0.3 is 0 Å². The summed E-state index contributed by atoms with van der Waals surface area (Å²) in [5.74, 6) is 0.224. The average Bonchev–Trinajstić information content (AvgIpc) is 3.00. The van der Waals surface area contributed by atoms with Crippen molar-refractivity contribution in [3.63, 3.8) is 0 Å². The van der Waals surface area contributed by atoms with Crippen LogP contribution in [0.1, 0.15) is 23.6 Å². The monoisotopic (exact) mass is 351 g/mol. The van der Waals surface area contributed by atoms with Gasteiger partial charge in [-0.25, -0.2) is 4.68 Å². The van der Waals surface area contributed by atoms with Crippen molar-refractivity contribution in [3.05, 3.63) is 69.3 Å². The van der Waals surface area contributed by atoms with E-state index >= 15 is 0 Å². The Hall–Kier alpha value is -2.66. The van der Waals surface area contributed by atoms with E-state index in [2.05, 4.69) is 42.4 Å². The van der Waals surface area contributed by atoms with Crippen molar-refractivity contribution in [1.29, 1.82) is 0 Å². The second-order valence-corrected chi connectivity index (χ2v) is 6.78. The summed E-state index contributed by atoms with van der Waals surface area (Å²) >= 11 is 1.55. The number of para-hydroxylation sites is 1. The van der Waals surface area contributed by atoms with E-state index in [1.54, 1.807) is 30.5 Å². The van der Waals surface area contributed by atoms with Gasteiger partial charge in [0.05, 0.1) is 11.4 Å². The number of nitrogens with zero attached hydrogens (tertiary/aromatic N) is 3. The quantitative estimate of drug-likeness (QED) is 0.701. The highest BCUT2D eigenvalue weighted by molar-refractivity contribution is 7.07. The number of aromatic nitrogens is 1. The van der Waals surface area contributed by atoms with Crippen molar-refractivity contribution < 1.29 is 5.11 Å². The highest BCUT2D eigenvalue weighted by atomic mass is 32.1. The van der Waals surface area contributed by atoms with Gasteiger partial charge in [0.2, 0.25) is 4.80 Å². The van der Waals surface area contributed by atoms with Gasteiger partial charge in [-0.15, -0.1) is 11.3 Å². The number of thiazole rings is 1. The Morgan fingerprint density at radius 1 is 1.08 bits per heavy atom. The molecule has 0 amide bonds. The van der Waals surface area contributed by atoms with E-state index in [-0.39, 0.29) is 5.75 Å². The van der Waals surface area contributed by atoms with Crippen molar-refractivity contribution in [1.82, 2.24) is 4.68 Å². The fourth-order valence-corrected chi connectivity index (χ4v) is 3.43. The van der Waals surface area contributed by atoms with Gasteiger partial charge < -0.3 is 5.11 Å². The van der Waals surface area contributed by atoms with Crippen LogP contribution in [0.3, 0.4) is 0 Å². The molecular formula is C20H21N3OS. The number of hydrogen-bond acceptors (Lipinski definition) is 4. The van der Waals surface area contributed by atoms with Gasteiger partial charge in [-0.05, 0) is 50.1 Å². The Labute approximate surface area is 151 Å². The fourth-order valence-electron chi connectivity index (χ4n) is 2.63. The first-order chi connectivity index (χ1) is 12.0. The van der Waals surface area contributed by atoms with Crippen LogP contribution in [-0.2, 0) is 0 Å². The molecule has 1 heterocycles. The lowest BCUT2D eigenvalue weighted by molar-refractivity contribution is 0.474. The molecule has 0 spiro atoms. The number of phenols is 1. The van der Waals surface area contributed by atoms with Crippen LogP contribution in [-0.4, -0.2) is 22.5 Å². The summed E-state index contributed by atoms with van der Waals surface area (Å²) in [7, 11) is 1.76. The van der Waals surface area contributed by atoms with E-state index in [9.17, 15) is 5.11 Å². The zero-order valence-corrected chi connectivity index (χ0v) is 15.6. The molecule has 25 heavy (non-hydrogen) atoms. The largest absolute Gasteiger partial charge is 0.507 e. The number of aromatic hydroxyl groups is 1. The first-order valence-corrected chi connectivity index (χ1v) is 8.94. The Balaban J connectivity index is 2.16. The minimum atomic E-state index is 0.224. The predicted octanol–water partition coefficient (Wildman–Crippen LogP) is 4.34. The van der Waals surface area contributed by atoms with Gasteiger partial charge in [0.15, 0.2) is 0 Å². The van der Waals surface area contributed by atoms with Gasteiger partial charge in [0.1, 0.15) is 5.75 Å². The van der Waals surface area contributed by atoms with Crippen LogP contribution in [0, 0.1) is 13.8 Å². The third-order valence-electron chi connectivity index (χ3n) is 4.22. The maximum absolute atomic E-state index is 10.1. The Bertz CT molecular complexity index is 1010. The van der Waals surface area contributed by atoms with E-state index in [0.29, 0.717) is 5.56 Å². The Morgan fingerprint density at radius 3 is 2.52 bits per heavy atom. The van der Waals surface area contributed by atoms with Crippen molar-refractivity contribution in [2.24, 2.45) is 10.1 Å². The molecule has 128 valence electrons. The summed E-state index contributed by atoms with van der Waals surface area (Å²) in [5, 5.41) is 16.9. The van der Waals surface area contributed by atoms with Crippen molar-refractivity contribution >= 4 is 17.0 Å². The zero-order valence-electron chi connectivity index (χ0n) is 14.8. The summed E-state index contributed by atoms with van der Waals surface area (Å²) in [5.41, 5.74) is 6.05. The number of hydrogen-bond donors (Lipinski definition) is 1. The van der Waals surface area contributed by atoms with Crippen molar-refractivity contribution in [3.8, 4) is 17.0 Å². The van der Waals surface area contributed by atoms with Crippen LogP contribution in [0.2, 0.25) is 0 Å². The van der Waals surface area contributed by atoms with Crippen LogP contribution in [0.15, 0.2) is 57.9 Å². The van der Waals surface area contributed by atoms with Crippen LogP contribution in [0.4, 0.5) is 0 Å². The molecule has 0 fully saturated rings. The number of rotatable bonds is 3. The first kappa shape index (κ1) is 17.2. The van der Waals surface area contributed by atoms with Crippen molar-refractivity contribution in [2.75, 3.05) is 7.05 Å². The third kappa shape index (κ3) is 3.42. The number of aryl methyl sites for hydroxylation is 2. The zero-order chi connectivity index (χ0) is 18.0. The number of phenolic OH excluding ortho intramolecular Hbond substituents is 1. The van der Waals surface area contributed by atoms with Crippen LogP contribution in [0.25, 0.3) is 11.3 Å². The molecule has 0 aliphatic heterocycles. The lowest BCUT2D eigenvalue weighted by Crippen LogP contribution is -2.13. The third-order valence-corrected chi connectivity index (χ3v) is 5.13. The average molecular weight is 351 g/mol. The molecule has 3 aromatic rings. The summed E-state index contributed by atoms with van der Waals surface area (Å²) < 4.78 is 1.84. The lowest BCUT2D eigenvalue weighted by Gasteiger charge is -2.09. The number of benzene rings is 2. The van der Waals surface area contributed by atoms with Gasteiger partial charge in [0.25, 0.3) is 0 Å². The molecule has 0 aliphatic carbocycles. The maximum atomic E-state index is 10.1. The molecule has 3 rings (SSSR count). The van der Waals surface area contributed by atoms with E-state index in [4.69, 9.17) is 5.10 Å². The molecule has 5 heteroatoms. The van der Waals surface area contributed by atoms with Gasteiger partial charge in [-0.2, -0.15) is 5.10 Å². The SMILES string of the molecule is CN=c1scc(-c2ccc(C)c(C)c2)n1N=C(C)c1ccccc1O. The van der Waals surface area contributed by atoms with E-state index < -0.39 is 0 Å². The molecular weight excluding hydrogens is 330 g/mol. The standard InChI is InChI=1S/C20H21N3OS/c1-13-9-10-16(11-14(13)2)18-12-25-20(21-4)23(18)22-15(3)17-7-5-6-8-19(17)24/h5-12,24H,1-4H3. The molecule has 4 nitrogen and oxygen atoms in total. The smallest absolute Gasteiger partial charge is 0.205 e. The summed E-state index contributed by atoms with van der Waals surface area (Å²) in [6.45, 7) is 6.11. The fraction of sp³-hybridized carbons (Fsp3) is 0.200. The Kier molecular flexibility index (Phi) is 4.86. The van der Waals surface area contributed by atoms with Crippen LogP contribution >= 0.6 is 11.3 Å². The first-order valence-electron chi connectivity index (χ1n) is 8.06. The predicted molar refractivity (Wildman–Crippen MR) is 104 cm³/mol. The summed E-state index contributed by atoms with van der Waals surface area (Å²) in [6.07, 6.45) is 0. The molecule has 0 saturated carbocycles. The molecule has 0 saturated heterocycles.